The normalized spacial score (nSPS) is 14.6. The molecule has 110 valence electrons. The molecule has 1 N–H and O–H groups in total. The summed E-state index contributed by atoms with van der Waals surface area (Å²) in [6.45, 7) is 2.10. The highest BCUT2D eigenvalue weighted by Crippen LogP contribution is 2.28. The molecule has 21 heavy (non-hydrogen) atoms. The third-order valence-electron chi connectivity index (χ3n) is 4.16. The van der Waals surface area contributed by atoms with Crippen LogP contribution in [-0.4, -0.2) is 7.11 Å². The molecule has 0 heterocycles. The van der Waals surface area contributed by atoms with Gasteiger partial charge in [0.15, 0.2) is 11.6 Å². The number of aryl methyl sites for hydroxylation is 2. The zero-order valence-corrected chi connectivity index (χ0v) is 12.4. The number of hydrogen-bond donors (Lipinski definition) is 1. The maximum Gasteiger partial charge on any atom is 0.167 e. The van der Waals surface area contributed by atoms with Crippen LogP contribution >= 0.6 is 0 Å². The molecule has 2 aromatic carbocycles. The second kappa shape index (κ2) is 5.76. The summed E-state index contributed by atoms with van der Waals surface area (Å²) in [7, 11) is 1.47. The van der Waals surface area contributed by atoms with Crippen LogP contribution in [0, 0.1) is 5.82 Å². The molecule has 0 fully saturated rings. The summed E-state index contributed by atoms with van der Waals surface area (Å²) in [5.74, 6) is -0.0746. The third-order valence-corrected chi connectivity index (χ3v) is 4.16. The Morgan fingerprint density at radius 3 is 2.67 bits per heavy atom. The maximum absolute atomic E-state index is 13.7. The van der Waals surface area contributed by atoms with Gasteiger partial charge in [-0.1, -0.05) is 18.2 Å². The van der Waals surface area contributed by atoms with E-state index in [0.29, 0.717) is 0 Å². The van der Waals surface area contributed by atoms with Crippen LogP contribution in [0.15, 0.2) is 36.4 Å². The highest BCUT2D eigenvalue weighted by atomic mass is 19.1. The molecule has 0 amide bonds. The van der Waals surface area contributed by atoms with Gasteiger partial charge in [0.2, 0.25) is 0 Å². The molecule has 0 radical (unpaired) electrons. The van der Waals surface area contributed by atoms with Crippen molar-refractivity contribution in [3.05, 3.63) is 58.9 Å². The van der Waals surface area contributed by atoms with E-state index in [1.165, 1.54) is 49.1 Å². The Kier molecular flexibility index (Phi) is 3.82. The lowest BCUT2D eigenvalue weighted by Crippen LogP contribution is -2.07. The number of halogens is 1. The van der Waals surface area contributed by atoms with Crippen LogP contribution in [0.2, 0.25) is 0 Å². The van der Waals surface area contributed by atoms with Crippen LogP contribution in [0.4, 0.5) is 10.1 Å². The summed E-state index contributed by atoms with van der Waals surface area (Å²) in [6.07, 6.45) is 3.62. The largest absolute Gasteiger partial charge is 0.494 e. The van der Waals surface area contributed by atoms with Gasteiger partial charge < -0.3 is 10.1 Å². The molecule has 0 saturated carbocycles. The lowest BCUT2D eigenvalue weighted by atomic mass is 10.0. The summed E-state index contributed by atoms with van der Waals surface area (Å²) in [5, 5.41) is 3.35. The molecule has 2 aromatic rings. The molecular formula is C18H20FNO. The fourth-order valence-corrected chi connectivity index (χ4v) is 2.95. The highest BCUT2D eigenvalue weighted by Gasteiger charge is 2.14. The highest BCUT2D eigenvalue weighted by molar-refractivity contribution is 5.49. The summed E-state index contributed by atoms with van der Waals surface area (Å²) in [6, 6.07) is 11.8. The lowest BCUT2D eigenvalue weighted by molar-refractivity contribution is 0.386. The van der Waals surface area contributed by atoms with Gasteiger partial charge in [-0.25, -0.2) is 4.39 Å². The first-order chi connectivity index (χ1) is 10.2. The first-order valence-electron chi connectivity index (χ1n) is 7.39. The quantitative estimate of drug-likeness (QED) is 0.893. The van der Waals surface area contributed by atoms with Gasteiger partial charge in [0.25, 0.3) is 0 Å². The van der Waals surface area contributed by atoms with E-state index in [4.69, 9.17) is 4.74 Å². The molecule has 0 saturated heterocycles. The van der Waals surface area contributed by atoms with Crippen LogP contribution in [0.5, 0.6) is 5.75 Å². The van der Waals surface area contributed by atoms with Crippen LogP contribution in [0.25, 0.3) is 0 Å². The van der Waals surface area contributed by atoms with Crippen molar-refractivity contribution in [2.24, 2.45) is 0 Å². The Balaban J connectivity index is 1.76. The number of nitrogens with one attached hydrogen (secondary N) is 1. The van der Waals surface area contributed by atoms with E-state index < -0.39 is 0 Å². The van der Waals surface area contributed by atoms with E-state index in [1.807, 2.05) is 6.07 Å². The third kappa shape index (κ3) is 2.87. The Labute approximate surface area is 125 Å². The van der Waals surface area contributed by atoms with Crippen LogP contribution in [0.3, 0.4) is 0 Å². The molecular weight excluding hydrogens is 265 g/mol. The minimum absolute atomic E-state index is 0.142. The van der Waals surface area contributed by atoms with Crippen molar-refractivity contribution in [2.45, 2.75) is 32.2 Å². The monoisotopic (exact) mass is 285 g/mol. The van der Waals surface area contributed by atoms with E-state index in [0.717, 1.165) is 5.69 Å². The van der Waals surface area contributed by atoms with Gasteiger partial charge >= 0.3 is 0 Å². The molecule has 1 unspecified atom stereocenters. The predicted molar refractivity (Wildman–Crippen MR) is 83.5 cm³/mol. The molecule has 2 nitrogen and oxygen atoms in total. The zero-order chi connectivity index (χ0) is 14.8. The van der Waals surface area contributed by atoms with Crippen molar-refractivity contribution in [3.63, 3.8) is 0 Å². The number of hydrogen-bond acceptors (Lipinski definition) is 2. The van der Waals surface area contributed by atoms with Crippen molar-refractivity contribution in [1.29, 1.82) is 0 Å². The molecule has 3 heteroatoms. The number of methoxy groups -OCH3 is 1. The van der Waals surface area contributed by atoms with Gasteiger partial charge in [0.1, 0.15) is 0 Å². The topological polar surface area (TPSA) is 21.3 Å². The summed E-state index contributed by atoms with van der Waals surface area (Å²) in [4.78, 5) is 0. The van der Waals surface area contributed by atoms with Crippen LogP contribution in [-0.2, 0) is 12.8 Å². The van der Waals surface area contributed by atoms with Crippen LogP contribution < -0.4 is 10.1 Å². The number of anilines is 1. The van der Waals surface area contributed by atoms with Gasteiger partial charge in [-0.05, 0) is 55.0 Å². The van der Waals surface area contributed by atoms with Gasteiger partial charge in [-0.2, -0.15) is 0 Å². The zero-order valence-electron chi connectivity index (χ0n) is 12.4. The number of benzene rings is 2. The van der Waals surface area contributed by atoms with Crippen molar-refractivity contribution in [1.82, 2.24) is 0 Å². The van der Waals surface area contributed by atoms with Gasteiger partial charge in [0.05, 0.1) is 7.11 Å². The van der Waals surface area contributed by atoms with Gasteiger partial charge in [-0.15, -0.1) is 0 Å². The standard InChI is InChI=1S/C18H20FNO/c1-12(14-7-6-13-4-3-5-15(13)10-14)20-16-8-9-18(21-2)17(19)11-16/h6-12,20H,3-5H2,1-2H3. The minimum atomic E-state index is -0.344. The number of ether oxygens (including phenoxy) is 1. The van der Waals surface area contributed by atoms with E-state index in [9.17, 15) is 4.39 Å². The van der Waals surface area contributed by atoms with E-state index >= 15 is 0 Å². The first-order valence-corrected chi connectivity index (χ1v) is 7.39. The smallest absolute Gasteiger partial charge is 0.167 e. The first kappa shape index (κ1) is 13.9. The Bertz CT molecular complexity index is 654. The molecule has 1 atom stereocenters. The Hall–Kier alpha value is -2.03. The summed E-state index contributed by atoms with van der Waals surface area (Å²) < 4.78 is 18.7. The van der Waals surface area contributed by atoms with Gasteiger partial charge in [-0.3, -0.25) is 0 Å². The lowest BCUT2D eigenvalue weighted by Gasteiger charge is -2.17. The molecule has 1 aliphatic carbocycles. The van der Waals surface area contributed by atoms with E-state index in [2.05, 4.69) is 30.4 Å². The van der Waals surface area contributed by atoms with Crippen molar-refractivity contribution in [3.8, 4) is 5.75 Å². The maximum atomic E-state index is 13.7. The van der Waals surface area contributed by atoms with E-state index in [-0.39, 0.29) is 17.6 Å². The van der Waals surface area contributed by atoms with Crippen molar-refractivity contribution < 1.29 is 9.13 Å². The average molecular weight is 285 g/mol. The minimum Gasteiger partial charge on any atom is -0.494 e. The fraction of sp³-hybridized carbons (Fsp3) is 0.333. The van der Waals surface area contributed by atoms with E-state index in [1.54, 1.807) is 6.07 Å². The van der Waals surface area contributed by atoms with Gasteiger partial charge in [0, 0.05) is 17.8 Å². The predicted octanol–water partition coefficient (Wildman–Crippen LogP) is 4.50. The average Bonchev–Trinajstić information content (AvgIpc) is 2.94. The fourth-order valence-electron chi connectivity index (χ4n) is 2.95. The number of rotatable bonds is 4. The molecule has 1 aliphatic rings. The summed E-state index contributed by atoms with van der Waals surface area (Å²) in [5.41, 5.74) is 4.94. The second-order valence-electron chi connectivity index (χ2n) is 5.60. The Morgan fingerprint density at radius 2 is 1.90 bits per heavy atom. The van der Waals surface area contributed by atoms with Crippen LogP contribution in [0.1, 0.15) is 36.1 Å². The second-order valence-corrected chi connectivity index (χ2v) is 5.60. The molecule has 3 rings (SSSR count). The molecule has 0 aliphatic heterocycles. The molecule has 0 bridgehead atoms. The van der Waals surface area contributed by atoms with Crippen molar-refractivity contribution in [2.75, 3.05) is 12.4 Å². The molecule has 0 aromatic heterocycles. The number of fused-ring (bicyclic) bond motifs is 1. The van der Waals surface area contributed by atoms with Crippen molar-refractivity contribution >= 4 is 5.69 Å². The SMILES string of the molecule is COc1ccc(NC(C)c2ccc3c(c2)CCC3)cc1F. The molecule has 0 spiro atoms. The summed E-state index contributed by atoms with van der Waals surface area (Å²) >= 11 is 0. The Morgan fingerprint density at radius 1 is 1.10 bits per heavy atom.